The lowest BCUT2D eigenvalue weighted by atomic mass is 9.74. The predicted molar refractivity (Wildman–Crippen MR) is 136 cm³/mol. The average Bonchev–Trinajstić information content (AvgIpc) is 2.92. The zero-order valence-corrected chi connectivity index (χ0v) is 21.0. The molecule has 0 unspecified atom stereocenters. The van der Waals surface area contributed by atoms with Crippen molar-refractivity contribution in [3.63, 3.8) is 0 Å². The summed E-state index contributed by atoms with van der Waals surface area (Å²) in [6.45, 7) is 0. The van der Waals surface area contributed by atoms with Gasteiger partial charge in [-0.1, -0.05) is 60.7 Å². The minimum atomic E-state index is -1.16. The number of carbonyl (C=O) groups excluding carboxylic acids is 3. The largest absolute Gasteiger partial charge is 0.481 e. The molecule has 1 aliphatic rings. The molecule has 0 aliphatic heterocycles. The summed E-state index contributed by atoms with van der Waals surface area (Å²) in [5.74, 6) is -7.02. The maximum absolute atomic E-state index is 13.4. The predicted octanol–water partition coefficient (Wildman–Crippen LogP) is 1.82. The van der Waals surface area contributed by atoms with E-state index >= 15 is 0 Å². The van der Waals surface area contributed by atoms with Gasteiger partial charge >= 0.3 is 17.9 Å². The van der Waals surface area contributed by atoms with Crippen LogP contribution in [0.3, 0.4) is 0 Å². The topological polar surface area (TPSA) is 159 Å². The normalized spacial score (nSPS) is 20.4. The Labute approximate surface area is 220 Å². The second kappa shape index (κ2) is 13.4. The van der Waals surface area contributed by atoms with Crippen LogP contribution in [-0.2, 0) is 41.6 Å². The number of carboxylic acids is 2. The molecular weight excluding hydrogens is 492 g/mol. The molecule has 1 saturated carbocycles. The summed E-state index contributed by atoms with van der Waals surface area (Å²) < 4.78 is 4.88. The van der Waals surface area contributed by atoms with Crippen molar-refractivity contribution in [2.45, 2.75) is 44.2 Å². The third kappa shape index (κ3) is 7.89. The van der Waals surface area contributed by atoms with Crippen molar-refractivity contribution in [2.75, 3.05) is 7.11 Å². The second-order valence-electron chi connectivity index (χ2n) is 9.50. The highest BCUT2D eigenvalue weighted by Crippen LogP contribution is 2.34. The second-order valence-corrected chi connectivity index (χ2v) is 9.50. The van der Waals surface area contributed by atoms with Gasteiger partial charge in [-0.3, -0.25) is 19.2 Å². The van der Waals surface area contributed by atoms with Crippen molar-refractivity contribution >= 4 is 29.7 Å². The van der Waals surface area contributed by atoms with Gasteiger partial charge in [0.1, 0.15) is 12.1 Å². The van der Waals surface area contributed by atoms with Crippen LogP contribution in [0.4, 0.5) is 0 Å². The lowest BCUT2D eigenvalue weighted by Gasteiger charge is -2.31. The average molecular weight is 525 g/mol. The van der Waals surface area contributed by atoms with Crippen LogP contribution in [0, 0.1) is 17.8 Å². The van der Waals surface area contributed by atoms with Crippen LogP contribution < -0.4 is 10.6 Å². The van der Waals surface area contributed by atoms with Gasteiger partial charge in [-0.15, -0.1) is 0 Å². The lowest BCUT2D eigenvalue weighted by molar-refractivity contribution is -0.150. The molecule has 10 heteroatoms. The van der Waals surface area contributed by atoms with Gasteiger partial charge in [0, 0.05) is 18.8 Å². The fraction of sp³-hybridized carbons (Fsp3) is 0.393. The van der Waals surface area contributed by atoms with Crippen LogP contribution in [0.1, 0.15) is 30.4 Å². The molecular formula is C28H32N2O8. The monoisotopic (exact) mass is 524 g/mol. The first kappa shape index (κ1) is 28.4. The van der Waals surface area contributed by atoms with Gasteiger partial charge in [0.25, 0.3) is 0 Å². The molecule has 1 aliphatic carbocycles. The molecule has 0 spiro atoms. The van der Waals surface area contributed by atoms with E-state index in [2.05, 4.69) is 10.6 Å². The Hall–Kier alpha value is -4.21. The van der Waals surface area contributed by atoms with Gasteiger partial charge in [-0.2, -0.15) is 0 Å². The van der Waals surface area contributed by atoms with Crippen LogP contribution >= 0.6 is 0 Å². The third-order valence-electron chi connectivity index (χ3n) is 6.78. The van der Waals surface area contributed by atoms with Crippen LogP contribution in [0.5, 0.6) is 0 Å². The Kier molecular flexibility index (Phi) is 9.98. The van der Waals surface area contributed by atoms with E-state index in [1.165, 1.54) is 7.11 Å². The molecule has 5 atom stereocenters. The number of hydrogen-bond donors (Lipinski definition) is 4. The summed E-state index contributed by atoms with van der Waals surface area (Å²) in [7, 11) is 1.22. The molecule has 2 aromatic carbocycles. The molecule has 0 saturated heterocycles. The molecule has 0 aromatic heterocycles. The Balaban J connectivity index is 1.80. The quantitative estimate of drug-likeness (QED) is 0.324. The van der Waals surface area contributed by atoms with Crippen molar-refractivity contribution < 1.29 is 38.9 Å². The van der Waals surface area contributed by atoms with Crippen molar-refractivity contribution in [1.82, 2.24) is 10.6 Å². The van der Waals surface area contributed by atoms with Gasteiger partial charge < -0.3 is 25.6 Å². The number of benzene rings is 2. The van der Waals surface area contributed by atoms with Crippen molar-refractivity contribution in [2.24, 2.45) is 17.8 Å². The third-order valence-corrected chi connectivity index (χ3v) is 6.78. The van der Waals surface area contributed by atoms with Gasteiger partial charge in [0.15, 0.2) is 0 Å². The maximum Gasteiger partial charge on any atom is 0.328 e. The number of ether oxygens (including phenoxy) is 1. The Morgan fingerprint density at radius 2 is 1.18 bits per heavy atom. The van der Waals surface area contributed by atoms with E-state index in [1.807, 2.05) is 36.4 Å². The maximum atomic E-state index is 13.4. The molecule has 202 valence electrons. The highest BCUT2D eigenvalue weighted by Gasteiger charge is 2.40. The summed E-state index contributed by atoms with van der Waals surface area (Å²) in [5, 5.41) is 24.3. The van der Waals surface area contributed by atoms with Gasteiger partial charge in [0.05, 0.1) is 18.9 Å². The van der Waals surface area contributed by atoms with Crippen LogP contribution in [0.15, 0.2) is 60.7 Å². The number of amides is 2. The van der Waals surface area contributed by atoms with Crippen molar-refractivity contribution in [3.8, 4) is 0 Å². The number of carboxylic acid groups (broad SMARTS) is 2. The van der Waals surface area contributed by atoms with E-state index in [9.17, 15) is 34.2 Å². The molecule has 38 heavy (non-hydrogen) atoms. The SMILES string of the molecule is COC(=O)[C@H](Cc1ccccc1)NC(=O)[C@H](Cc1ccccc1)NC(=O)[C@@H]1C[C@H](C(=O)O)C[C@H](C(=O)O)C1. The summed E-state index contributed by atoms with van der Waals surface area (Å²) >= 11 is 0. The highest BCUT2D eigenvalue weighted by molar-refractivity contribution is 5.92. The molecule has 10 nitrogen and oxygen atoms in total. The number of hydrogen-bond acceptors (Lipinski definition) is 6. The zero-order chi connectivity index (χ0) is 27.7. The summed E-state index contributed by atoms with van der Waals surface area (Å²) in [4.78, 5) is 62.3. The number of nitrogens with one attached hydrogen (secondary N) is 2. The van der Waals surface area contributed by atoms with Gasteiger partial charge in [0.2, 0.25) is 11.8 Å². The van der Waals surface area contributed by atoms with E-state index in [1.54, 1.807) is 24.3 Å². The fourth-order valence-electron chi connectivity index (χ4n) is 4.74. The molecule has 0 radical (unpaired) electrons. The van der Waals surface area contributed by atoms with Crippen LogP contribution in [-0.4, -0.2) is 59.1 Å². The first-order valence-electron chi connectivity index (χ1n) is 12.4. The van der Waals surface area contributed by atoms with Crippen molar-refractivity contribution in [1.29, 1.82) is 0 Å². The highest BCUT2D eigenvalue weighted by atomic mass is 16.5. The number of esters is 1. The number of methoxy groups -OCH3 is 1. The van der Waals surface area contributed by atoms with Gasteiger partial charge in [-0.25, -0.2) is 4.79 Å². The molecule has 2 aromatic rings. The first-order valence-corrected chi connectivity index (χ1v) is 12.4. The minimum absolute atomic E-state index is 0.0244. The fourth-order valence-corrected chi connectivity index (χ4v) is 4.74. The van der Waals surface area contributed by atoms with E-state index in [0.29, 0.717) is 0 Å². The molecule has 4 N–H and O–H groups in total. The summed E-state index contributed by atoms with van der Waals surface area (Å²) in [5.41, 5.74) is 1.55. The van der Waals surface area contributed by atoms with E-state index in [0.717, 1.165) is 11.1 Å². The zero-order valence-electron chi connectivity index (χ0n) is 21.0. The Morgan fingerprint density at radius 3 is 1.63 bits per heavy atom. The van der Waals surface area contributed by atoms with E-state index in [-0.39, 0.29) is 32.1 Å². The van der Waals surface area contributed by atoms with E-state index < -0.39 is 59.6 Å². The molecule has 3 rings (SSSR count). The standard InChI is InChI=1S/C28H32N2O8/c1-38-28(37)23(13-18-10-6-3-7-11-18)30-25(32)22(12-17-8-4-2-5-9-17)29-24(31)19-14-20(26(33)34)16-21(15-19)27(35)36/h2-11,19-23H,12-16H2,1H3,(H,29,31)(H,30,32)(H,33,34)(H,35,36)/t19-,20+,21-,22-,23-/m0/s1. The Morgan fingerprint density at radius 1 is 0.737 bits per heavy atom. The summed E-state index contributed by atoms with van der Waals surface area (Å²) in [6, 6.07) is 15.9. The van der Waals surface area contributed by atoms with Crippen LogP contribution in [0.2, 0.25) is 0 Å². The van der Waals surface area contributed by atoms with Crippen molar-refractivity contribution in [3.05, 3.63) is 71.8 Å². The van der Waals surface area contributed by atoms with Crippen LogP contribution in [0.25, 0.3) is 0 Å². The van der Waals surface area contributed by atoms with E-state index in [4.69, 9.17) is 4.74 Å². The molecule has 0 heterocycles. The summed E-state index contributed by atoms with van der Waals surface area (Å²) in [6.07, 6.45) is 0.180. The van der Waals surface area contributed by atoms with Gasteiger partial charge in [-0.05, 0) is 30.4 Å². The number of aliphatic carboxylic acids is 2. The minimum Gasteiger partial charge on any atom is -0.481 e. The smallest absolute Gasteiger partial charge is 0.328 e. The first-order chi connectivity index (χ1) is 18.2. The Bertz CT molecular complexity index is 1120. The molecule has 2 amide bonds. The number of rotatable bonds is 11. The molecule has 0 bridgehead atoms. The lowest BCUT2D eigenvalue weighted by Crippen LogP contribution is -2.54. The number of carbonyl (C=O) groups is 5. The molecule has 1 fully saturated rings.